The average Bonchev–Trinajstić information content (AvgIpc) is 2.14. The van der Waals surface area contributed by atoms with Gasteiger partial charge in [0.25, 0.3) is 0 Å². The number of benzene rings is 1. The highest BCUT2D eigenvalue weighted by Crippen LogP contribution is 2.12. The zero-order valence-corrected chi connectivity index (χ0v) is 8.42. The van der Waals surface area contributed by atoms with E-state index in [9.17, 15) is 4.79 Å². The van der Waals surface area contributed by atoms with E-state index in [1.165, 1.54) is 18.4 Å². The number of carbonyl (C=O) groups is 1. The Balaban J connectivity index is 2.63. The Morgan fingerprint density at radius 3 is 2.93 bits per heavy atom. The summed E-state index contributed by atoms with van der Waals surface area (Å²) in [7, 11) is 0. The number of primary amides is 1. The number of unbranched alkanes of at least 4 members (excludes halogenated alkanes) is 1. The lowest BCUT2D eigenvalue weighted by molar-refractivity contribution is 0.259. The summed E-state index contributed by atoms with van der Waals surface area (Å²) in [6.45, 7) is 2.16. The second kappa shape index (κ2) is 5.27. The molecule has 0 fully saturated rings. The predicted molar refractivity (Wildman–Crippen MR) is 58.3 cm³/mol. The van der Waals surface area contributed by atoms with Crippen LogP contribution in [-0.4, -0.2) is 6.03 Å². The van der Waals surface area contributed by atoms with Gasteiger partial charge >= 0.3 is 6.03 Å². The standard InChI is InChI=1S/C11H16N2O/c1-2-3-5-9-6-4-7-10(8-9)13-11(12)14/h4,6-8H,2-3,5H2,1H3,(H3,12,13,14). The van der Waals surface area contributed by atoms with Crippen molar-refractivity contribution in [1.29, 1.82) is 0 Å². The molecule has 0 bridgehead atoms. The Kier molecular flexibility index (Phi) is 3.98. The average molecular weight is 192 g/mol. The third-order valence-electron chi connectivity index (χ3n) is 2.01. The van der Waals surface area contributed by atoms with Crippen molar-refractivity contribution < 1.29 is 4.79 Å². The number of urea groups is 1. The Bertz CT molecular complexity index is 310. The summed E-state index contributed by atoms with van der Waals surface area (Å²) in [5, 5.41) is 2.56. The van der Waals surface area contributed by atoms with Crippen LogP contribution in [0.15, 0.2) is 24.3 Å². The largest absolute Gasteiger partial charge is 0.351 e. The quantitative estimate of drug-likeness (QED) is 0.756. The molecule has 0 atom stereocenters. The van der Waals surface area contributed by atoms with Crippen LogP contribution >= 0.6 is 0 Å². The van der Waals surface area contributed by atoms with Crippen LogP contribution in [0.4, 0.5) is 10.5 Å². The van der Waals surface area contributed by atoms with Crippen molar-refractivity contribution in [3.63, 3.8) is 0 Å². The molecule has 0 saturated heterocycles. The van der Waals surface area contributed by atoms with E-state index in [1.807, 2.05) is 18.2 Å². The van der Waals surface area contributed by atoms with Gasteiger partial charge < -0.3 is 11.1 Å². The molecule has 76 valence electrons. The minimum absolute atomic E-state index is 0.516. The summed E-state index contributed by atoms with van der Waals surface area (Å²) < 4.78 is 0. The first-order valence-electron chi connectivity index (χ1n) is 4.87. The molecule has 3 heteroatoms. The van der Waals surface area contributed by atoms with Crippen molar-refractivity contribution in [3.05, 3.63) is 29.8 Å². The van der Waals surface area contributed by atoms with Gasteiger partial charge in [-0.05, 0) is 30.5 Å². The van der Waals surface area contributed by atoms with Crippen molar-refractivity contribution in [2.75, 3.05) is 5.32 Å². The molecule has 1 aromatic rings. The van der Waals surface area contributed by atoms with Crippen molar-refractivity contribution in [2.24, 2.45) is 5.73 Å². The molecular weight excluding hydrogens is 176 g/mol. The molecule has 0 aliphatic heterocycles. The molecule has 0 unspecified atom stereocenters. The van der Waals surface area contributed by atoms with Gasteiger partial charge in [-0.25, -0.2) is 4.79 Å². The van der Waals surface area contributed by atoms with E-state index >= 15 is 0 Å². The van der Waals surface area contributed by atoms with Gasteiger partial charge in [0, 0.05) is 5.69 Å². The fourth-order valence-electron chi connectivity index (χ4n) is 1.33. The van der Waals surface area contributed by atoms with Crippen LogP contribution in [0.25, 0.3) is 0 Å². The van der Waals surface area contributed by atoms with Crippen LogP contribution in [-0.2, 0) is 6.42 Å². The Hall–Kier alpha value is -1.51. The lowest BCUT2D eigenvalue weighted by Gasteiger charge is -2.04. The normalized spacial score (nSPS) is 9.79. The number of carbonyl (C=O) groups excluding carboxylic acids is 1. The number of aryl methyl sites for hydroxylation is 1. The maximum atomic E-state index is 10.6. The van der Waals surface area contributed by atoms with E-state index in [-0.39, 0.29) is 0 Å². The van der Waals surface area contributed by atoms with Crippen molar-refractivity contribution in [3.8, 4) is 0 Å². The van der Waals surface area contributed by atoms with Crippen LogP contribution in [0, 0.1) is 0 Å². The SMILES string of the molecule is CCCCc1cccc(NC(N)=O)c1. The lowest BCUT2D eigenvalue weighted by atomic mass is 10.1. The summed E-state index contributed by atoms with van der Waals surface area (Å²) >= 11 is 0. The molecule has 0 aromatic heterocycles. The fraction of sp³-hybridized carbons (Fsp3) is 0.364. The van der Waals surface area contributed by atoms with Gasteiger partial charge in [-0.3, -0.25) is 0 Å². The maximum Gasteiger partial charge on any atom is 0.316 e. The zero-order chi connectivity index (χ0) is 10.4. The summed E-state index contributed by atoms with van der Waals surface area (Å²) in [4.78, 5) is 10.6. The molecule has 0 heterocycles. The minimum atomic E-state index is -0.516. The highest BCUT2D eigenvalue weighted by atomic mass is 16.2. The Labute approximate surface area is 84.3 Å². The van der Waals surface area contributed by atoms with Crippen LogP contribution in [0.5, 0.6) is 0 Å². The van der Waals surface area contributed by atoms with E-state index < -0.39 is 6.03 Å². The summed E-state index contributed by atoms with van der Waals surface area (Å²) in [5.41, 5.74) is 7.03. The van der Waals surface area contributed by atoms with Gasteiger partial charge in [-0.2, -0.15) is 0 Å². The first-order chi connectivity index (χ1) is 6.72. The third kappa shape index (κ3) is 3.47. The molecule has 3 nitrogen and oxygen atoms in total. The molecule has 3 N–H and O–H groups in total. The third-order valence-corrected chi connectivity index (χ3v) is 2.01. The van der Waals surface area contributed by atoms with Crippen molar-refractivity contribution >= 4 is 11.7 Å². The number of rotatable bonds is 4. The van der Waals surface area contributed by atoms with Gasteiger partial charge in [0.2, 0.25) is 0 Å². The van der Waals surface area contributed by atoms with E-state index in [0.717, 1.165) is 12.1 Å². The number of hydrogen-bond donors (Lipinski definition) is 2. The fourth-order valence-corrected chi connectivity index (χ4v) is 1.33. The van der Waals surface area contributed by atoms with Crippen LogP contribution in [0.1, 0.15) is 25.3 Å². The summed E-state index contributed by atoms with van der Waals surface area (Å²) in [6, 6.07) is 7.26. The second-order valence-electron chi connectivity index (χ2n) is 3.29. The van der Waals surface area contributed by atoms with E-state index in [0.29, 0.717) is 0 Å². The number of hydrogen-bond acceptors (Lipinski definition) is 1. The molecule has 0 saturated carbocycles. The lowest BCUT2D eigenvalue weighted by Crippen LogP contribution is -2.19. The number of amides is 2. The smallest absolute Gasteiger partial charge is 0.316 e. The molecule has 2 amide bonds. The molecular formula is C11H16N2O. The number of nitrogens with one attached hydrogen (secondary N) is 1. The van der Waals surface area contributed by atoms with Gasteiger partial charge in [-0.15, -0.1) is 0 Å². The minimum Gasteiger partial charge on any atom is -0.351 e. The van der Waals surface area contributed by atoms with Gasteiger partial charge in [0.1, 0.15) is 0 Å². The topological polar surface area (TPSA) is 55.1 Å². The van der Waals surface area contributed by atoms with Crippen LogP contribution in [0.3, 0.4) is 0 Å². The van der Waals surface area contributed by atoms with E-state index in [1.54, 1.807) is 0 Å². The molecule has 0 aliphatic carbocycles. The number of anilines is 1. The van der Waals surface area contributed by atoms with Crippen LogP contribution < -0.4 is 11.1 Å². The molecule has 0 spiro atoms. The molecule has 1 rings (SSSR count). The molecule has 14 heavy (non-hydrogen) atoms. The zero-order valence-electron chi connectivity index (χ0n) is 8.42. The summed E-state index contributed by atoms with van der Waals surface area (Å²) in [6.07, 6.45) is 3.39. The van der Waals surface area contributed by atoms with Gasteiger partial charge in [0.05, 0.1) is 0 Å². The van der Waals surface area contributed by atoms with Gasteiger partial charge in [-0.1, -0.05) is 25.5 Å². The van der Waals surface area contributed by atoms with E-state index in [2.05, 4.69) is 18.3 Å². The second-order valence-corrected chi connectivity index (χ2v) is 3.29. The molecule has 0 radical (unpaired) electrons. The van der Waals surface area contributed by atoms with E-state index in [4.69, 9.17) is 5.73 Å². The monoisotopic (exact) mass is 192 g/mol. The number of nitrogens with two attached hydrogens (primary N) is 1. The van der Waals surface area contributed by atoms with Crippen molar-refractivity contribution in [1.82, 2.24) is 0 Å². The van der Waals surface area contributed by atoms with Crippen molar-refractivity contribution in [2.45, 2.75) is 26.2 Å². The first-order valence-corrected chi connectivity index (χ1v) is 4.87. The molecule has 0 aliphatic rings. The highest BCUT2D eigenvalue weighted by molar-refractivity contribution is 5.87. The maximum absolute atomic E-state index is 10.6. The first kappa shape index (κ1) is 10.6. The van der Waals surface area contributed by atoms with Crippen LogP contribution in [0.2, 0.25) is 0 Å². The van der Waals surface area contributed by atoms with Gasteiger partial charge in [0.15, 0.2) is 0 Å². The molecule has 1 aromatic carbocycles. The predicted octanol–water partition coefficient (Wildman–Crippen LogP) is 2.52. The Morgan fingerprint density at radius 2 is 2.29 bits per heavy atom. The Morgan fingerprint density at radius 1 is 1.50 bits per heavy atom. The summed E-state index contributed by atoms with van der Waals surface area (Å²) in [5.74, 6) is 0. The highest BCUT2D eigenvalue weighted by Gasteiger charge is 1.97.